The number of fused-ring (bicyclic) bond motifs is 1. The van der Waals surface area contributed by atoms with E-state index in [1.807, 2.05) is 43.3 Å². The third kappa shape index (κ3) is 3.60. The van der Waals surface area contributed by atoms with Crippen LogP contribution in [0.15, 0.2) is 60.7 Å². The fraction of sp³-hybridized carbons (Fsp3) is 0.105. The lowest BCUT2D eigenvalue weighted by atomic mass is 10.1. The van der Waals surface area contributed by atoms with Crippen molar-refractivity contribution in [1.82, 2.24) is 0 Å². The lowest BCUT2D eigenvalue weighted by Gasteiger charge is -2.14. The average Bonchev–Trinajstić information content (AvgIpc) is 2.55. The highest BCUT2D eigenvalue weighted by Crippen LogP contribution is 2.25. The van der Waals surface area contributed by atoms with Crippen molar-refractivity contribution in [2.45, 2.75) is 6.92 Å². The maximum atomic E-state index is 5.41. The zero-order chi connectivity index (χ0) is 16.2. The van der Waals surface area contributed by atoms with Crippen molar-refractivity contribution in [2.75, 3.05) is 17.7 Å². The van der Waals surface area contributed by atoms with Gasteiger partial charge in [0.05, 0.1) is 12.8 Å². The summed E-state index contributed by atoms with van der Waals surface area (Å²) in [5, 5.41) is 9.32. The molecule has 0 saturated heterocycles. The topological polar surface area (TPSA) is 33.3 Å². The molecule has 23 heavy (non-hydrogen) atoms. The molecule has 3 aromatic carbocycles. The molecule has 116 valence electrons. The normalized spacial score (nSPS) is 10.3. The molecule has 3 nitrogen and oxygen atoms in total. The maximum absolute atomic E-state index is 5.41. The van der Waals surface area contributed by atoms with E-state index >= 15 is 0 Å². The van der Waals surface area contributed by atoms with Gasteiger partial charge in [0.25, 0.3) is 0 Å². The Bertz CT molecular complexity index is 861. The van der Waals surface area contributed by atoms with Gasteiger partial charge in [0, 0.05) is 5.69 Å². The summed E-state index contributed by atoms with van der Waals surface area (Å²) in [5.74, 6) is 0.762. The van der Waals surface area contributed by atoms with E-state index in [1.54, 1.807) is 7.11 Å². The van der Waals surface area contributed by atoms with Crippen molar-refractivity contribution in [3.8, 4) is 5.75 Å². The van der Waals surface area contributed by atoms with E-state index in [2.05, 4.69) is 34.9 Å². The van der Waals surface area contributed by atoms with Gasteiger partial charge in [-0.15, -0.1) is 0 Å². The Morgan fingerprint density at radius 2 is 1.70 bits per heavy atom. The summed E-state index contributed by atoms with van der Waals surface area (Å²) in [5.41, 5.74) is 2.94. The Morgan fingerprint density at radius 1 is 0.913 bits per heavy atom. The average molecular weight is 322 g/mol. The highest BCUT2D eigenvalue weighted by atomic mass is 32.1. The summed E-state index contributed by atoms with van der Waals surface area (Å²) in [6.45, 7) is 2.03. The number of hydrogen-bond acceptors (Lipinski definition) is 2. The Hall–Kier alpha value is -2.59. The van der Waals surface area contributed by atoms with Crippen LogP contribution in [0, 0.1) is 6.92 Å². The molecule has 0 aliphatic heterocycles. The SMILES string of the molecule is COc1ccc(C)cc1NC(=S)Nc1ccc2ccccc2c1. The van der Waals surface area contributed by atoms with Crippen LogP contribution in [-0.4, -0.2) is 12.2 Å². The molecule has 3 aromatic rings. The van der Waals surface area contributed by atoms with Crippen LogP contribution in [-0.2, 0) is 0 Å². The van der Waals surface area contributed by atoms with E-state index in [9.17, 15) is 0 Å². The number of aryl methyl sites for hydroxylation is 1. The summed E-state index contributed by atoms with van der Waals surface area (Å²) < 4.78 is 5.36. The van der Waals surface area contributed by atoms with Gasteiger partial charge in [-0.2, -0.15) is 0 Å². The van der Waals surface area contributed by atoms with Crippen LogP contribution in [0.25, 0.3) is 10.8 Å². The van der Waals surface area contributed by atoms with Gasteiger partial charge in [-0.3, -0.25) is 0 Å². The molecule has 0 aliphatic carbocycles. The standard InChI is InChI=1S/C19H18N2OS/c1-13-7-10-18(22-2)17(11-13)21-19(23)20-16-9-8-14-5-3-4-6-15(14)12-16/h3-12H,1-2H3,(H2,20,21,23). The molecule has 0 aromatic heterocycles. The zero-order valence-electron chi connectivity index (χ0n) is 13.1. The van der Waals surface area contributed by atoms with E-state index < -0.39 is 0 Å². The third-order valence-electron chi connectivity index (χ3n) is 3.61. The fourth-order valence-corrected chi connectivity index (χ4v) is 2.70. The second kappa shape index (κ2) is 6.67. The van der Waals surface area contributed by atoms with Crippen LogP contribution in [0.3, 0.4) is 0 Å². The van der Waals surface area contributed by atoms with Gasteiger partial charge in [0.15, 0.2) is 5.11 Å². The number of nitrogens with one attached hydrogen (secondary N) is 2. The molecule has 0 spiro atoms. The smallest absolute Gasteiger partial charge is 0.175 e. The van der Waals surface area contributed by atoms with Crippen LogP contribution in [0.5, 0.6) is 5.75 Å². The number of ether oxygens (including phenoxy) is 1. The quantitative estimate of drug-likeness (QED) is 0.667. The Kier molecular flexibility index (Phi) is 4.44. The van der Waals surface area contributed by atoms with Crippen molar-refractivity contribution < 1.29 is 4.74 Å². The van der Waals surface area contributed by atoms with Gasteiger partial charge >= 0.3 is 0 Å². The molecule has 0 aliphatic rings. The third-order valence-corrected chi connectivity index (χ3v) is 3.81. The van der Waals surface area contributed by atoms with Crippen molar-refractivity contribution in [3.63, 3.8) is 0 Å². The molecule has 0 radical (unpaired) electrons. The minimum absolute atomic E-state index is 0.532. The van der Waals surface area contributed by atoms with E-state index in [1.165, 1.54) is 10.8 Å². The molecule has 0 amide bonds. The van der Waals surface area contributed by atoms with Crippen LogP contribution in [0.4, 0.5) is 11.4 Å². The first-order valence-electron chi connectivity index (χ1n) is 7.37. The first-order valence-corrected chi connectivity index (χ1v) is 7.78. The summed E-state index contributed by atoms with van der Waals surface area (Å²) in [6, 6.07) is 20.3. The van der Waals surface area contributed by atoms with Gasteiger partial charge in [0.1, 0.15) is 5.75 Å². The van der Waals surface area contributed by atoms with Crippen LogP contribution >= 0.6 is 12.2 Å². The minimum Gasteiger partial charge on any atom is -0.495 e. The summed E-state index contributed by atoms with van der Waals surface area (Å²) in [7, 11) is 1.65. The Labute approximate surface area is 141 Å². The van der Waals surface area contributed by atoms with Crippen molar-refractivity contribution in [2.24, 2.45) is 0 Å². The highest BCUT2D eigenvalue weighted by molar-refractivity contribution is 7.80. The summed E-state index contributed by atoms with van der Waals surface area (Å²) in [4.78, 5) is 0. The predicted octanol–water partition coefficient (Wildman–Crippen LogP) is 4.97. The van der Waals surface area contributed by atoms with Gasteiger partial charge in [-0.1, -0.05) is 36.4 Å². The minimum atomic E-state index is 0.532. The van der Waals surface area contributed by atoms with Gasteiger partial charge in [0.2, 0.25) is 0 Å². The number of rotatable bonds is 3. The lowest BCUT2D eigenvalue weighted by Crippen LogP contribution is -2.19. The number of benzene rings is 3. The predicted molar refractivity (Wildman–Crippen MR) is 102 cm³/mol. The molecule has 4 heteroatoms. The Balaban J connectivity index is 1.77. The van der Waals surface area contributed by atoms with Crippen LogP contribution in [0.1, 0.15) is 5.56 Å². The lowest BCUT2D eigenvalue weighted by molar-refractivity contribution is 0.417. The molecule has 0 heterocycles. The number of methoxy groups -OCH3 is 1. The maximum Gasteiger partial charge on any atom is 0.175 e. The second-order valence-corrected chi connectivity index (χ2v) is 5.75. The number of hydrogen-bond donors (Lipinski definition) is 2. The van der Waals surface area contributed by atoms with E-state index in [4.69, 9.17) is 17.0 Å². The summed E-state index contributed by atoms with van der Waals surface area (Å²) >= 11 is 5.41. The summed E-state index contributed by atoms with van der Waals surface area (Å²) in [6.07, 6.45) is 0. The molecule has 0 unspecified atom stereocenters. The first kappa shape index (κ1) is 15.3. The van der Waals surface area contributed by atoms with Gasteiger partial charge < -0.3 is 15.4 Å². The highest BCUT2D eigenvalue weighted by Gasteiger charge is 2.06. The fourth-order valence-electron chi connectivity index (χ4n) is 2.47. The van der Waals surface area contributed by atoms with Crippen molar-refractivity contribution in [3.05, 3.63) is 66.2 Å². The second-order valence-electron chi connectivity index (χ2n) is 5.34. The van der Waals surface area contributed by atoms with Crippen LogP contribution in [0.2, 0.25) is 0 Å². The molecular weight excluding hydrogens is 304 g/mol. The van der Waals surface area contributed by atoms with Crippen molar-refractivity contribution in [1.29, 1.82) is 0 Å². The van der Waals surface area contributed by atoms with Gasteiger partial charge in [-0.25, -0.2) is 0 Å². The van der Waals surface area contributed by atoms with E-state index in [0.29, 0.717) is 5.11 Å². The Morgan fingerprint density at radius 3 is 2.48 bits per heavy atom. The van der Waals surface area contributed by atoms with E-state index in [0.717, 1.165) is 22.7 Å². The molecule has 0 fully saturated rings. The molecule has 0 bridgehead atoms. The zero-order valence-corrected chi connectivity index (χ0v) is 13.9. The molecule has 3 rings (SSSR count). The van der Waals surface area contributed by atoms with E-state index in [-0.39, 0.29) is 0 Å². The largest absolute Gasteiger partial charge is 0.495 e. The van der Waals surface area contributed by atoms with Crippen LogP contribution < -0.4 is 15.4 Å². The molecule has 2 N–H and O–H groups in total. The number of thiocarbonyl (C=S) groups is 1. The molecule has 0 saturated carbocycles. The number of anilines is 2. The van der Waals surface area contributed by atoms with Gasteiger partial charge in [-0.05, 0) is 59.7 Å². The molecular formula is C19H18N2OS. The molecule has 0 atom stereocenters. The monoisotopic (exact) mass is 322 g/mol. The van der Waals surface area contributed by atoms with Crippen molar-refractivity contribution >= 4 is 39.5 Å². The first-order chi connectivity index (χ1) is 11.2.